The average molecular weight is 360 g/mol. The van der Waals surface area contributed by atoms with Gasteiger partial charge in [-0.15, -0.1) is 11.3 Å². The Kier molecular flexibility index (Phi) is 3.85. The van der Waals surface area contributed by atoms with Crippen LogP contribution in [0.5, 0.6) is 0 Å². The number of aromatic nitrogens is 2. The molecule has 24 heavy (non-hydrogen) atoms. The zero-order valence-corrected chi connectivity index (χ0v) is 14.5. The van der Waals surface area contributed by atoms with Gasteiger partial charge in [-0.1, -0.05) is 18.2 Å². The highest BCUT2D eigenvalue weighted by molar-refractivity contribution is 7.94. The van der Waals surface area contributed by atoms with Crippen molar-refractivity contribution in [1.29, 1.82) is 0 Å². The summed E-state index contributed by atoms with van der Waals surface area (Å²) < 4.78 is 28.1. The number of nitrogens with one attached hydrogen (secondary N) is 1. The molecule has 1 aromatic carbocycles. The molecule has 0 saturated carbocycles. The van der Waals surface area contributed by atoms with Gasteiger partial charge in [0.25, 0.3) is 10.0 Å². The smallest absolute Gasteiger partial charge is 0.272 e. The van der Waals surface area contributed by atoms with Crippen LogP contribution in [0.15, 0.2) is 46.0 Å². The highest BCUT2D eigenvalue weighted by Crippen LogP contribution is 2.30. The Morgan fingerprint density at radius 2 is 1.71 bits per heavy atom. The number of hydrogen-bond acceptors (Lipinski definition) is 6. The van der Waals surface area contributed by atoms with Crippen LogP contribution in [0.2, 0.25) is 0 Å². The van der Waals surface area contributed by atoms with Gasteiger partial charge in [-0.2, -0.15) is 0 Å². The third-order valence-electron chi connectivity index (χ3n) is 3.95. The first kappa shape index (κ1) is 15.3. The molecule has 1 saturated heterocycles. The number of anilines is 2. The van der Waals surface area contributed by atoms with Crippen LogP contribution < -0.4 is 9.62 Å². The van der Waals surface area contributed by atoms with Gasteiger partial charge >= 0.3 is 0 Å². The number of thiophene rings is 1. The lowest BCUT2D eigenvalue weighted by Gasteiger charge is -2.20. The number of fused-ring (bicyclic) bond motifs is 1. The zero-order chi connectivity index (χ0) is 16.6. The average Bonchev–Trinajstić information content (AvgIpc) is 3.27. The van der Waals surface area contributed by atoms with Crippen LogP contribution in [0.3, 0.4) is 0 Å². The highest BCUT2D eigenvalue weighted by Gasteiger charge is 2.24. The third-order valence-corrected chi connectivity index (χ3v) is 6.69. The lowest BCUT2D eigenvalue weighted by molar-refractivity contribution is 0.603. The summed E-state index contributed by atoms with van der Waals surface area (Å²) in [4.78, 5) is 11.3. The largest absolute Gasteiger partial charge is 0.354 e. The SMILES string of the molecule is O=S(=O)(Nc1nc2ccccc2nc1N1CCCC1)c1cccs1. The van der Waals surface area contributed by atoms with Gasteiger partial charge in [-0.3, -0.25) is 4.72 Å². The Morgan fingerprint density at radius 1 is 1.00 bits per heavy atom. The maximum atomic E-state index is 12.6. The topological polar surface area (TPSA) is 75.2 Å². The van der Waals surface area contributed by atoms with Crippen molar-refractivity contribution in [3.8, 4) is 0 Å². The first-order chi connectivity index (χ1) is 11.6. The molecule has 3 heterocycles. The standard InChI is InChI=1S/C16H16N4O2S2/c21-24(22,14-8-5-11-23-14)19-15-16(20-9-3-4-10-20)18-13-7-2-1-6-12(13)17-15/h1-2,5-8,11H,3-4,9-10H2,(H,17,19). The maximum absolute atomic E-state index is 12.6. The van der Waals surface area contributed by atoms with Crippen LogP contribution in [-0.4, -0.2) is 31.5 Å². The van der Waals surface area contributed by atoms with Crippen LogP contribution in [0.1, 0.15) is 12.8 Å². The van der Waals surface area contributed by atoms with Gasteiger partial charge in [-0.05, 0) is 36.4 Å². The molecular formula is C16H16N4O2S2. The van der Waals surface area contributed by atoms with Crippen molar-refractivity contribution >= 4 is 44.0 Å². The lowest BCUT2D eigenvalue weighted by atomic mass is 10.3. The number of hydrogen-bond donors (Lipinski definition) is 1. The fourth-order valence-corrected chi connectivity index (χ4v) is 4.80. The summed E-state index contributed by atoms with van der Waals surface area (Å²) in [5.74, 6) is 0.898. The van der Waals surface area contributed by atoms with Crippen LogP contribution in [0, 0.1) is 0 Å². The van der Waals surface area contributed by atoms with Crippen molar-refractivity contribution in [1.82, 2.24) is 9.97 Å². The van der Waals surface area contributed by atoms with Gasteiger partial charge in [0.15, 0.2) is 11.6 Å². The van der Waals surface area contributed by atoms with Crippen molar-refractivity contribution in [2.75, 3.05) is 22.7 Å². The van der Waals surface area contributed by atoms with Crippen molar-refractivity contribution in [3.05, 3.63) is 41.8 Å². The summed E-state index contributed by atoms with van der Waals surface area (Å²) in [6.45, 7) is 1.72. The van der Waals surface area contributed by atoms with Gasteiger partial charge in [0.05, 0.1) is 11.0 Å². The summed E-state index contributed by atoms with van der Waals surface area (Å²) in [6, 6.07) is 10.8. The van der Waals surface area contributed by atoms with Crippen molar-refractivity contribution in [3.63, 3.8) is 0 Å². The Balaban J connectivity index is 1.81. The predicted octanol–water partition coefficient (Wildman–Crippen LogP) is 3.09. The molecule has 0 bridgehead atoms. The molecule has 4 rings (SSSR count). The number of benzene rings is 1. The van der Waals surface area contributed by atoms with E-state index in [1.165, 1.54) is 11.3 Å². The van der Waals surface area contributed by atoms with E-state index in [0.717, 1.165) is 31.4 Å². The maximum Gasteiger partial charge on any atom is 0.272 e. The number of para-hydroxylation sites is 2. The normalized spacial score (nSPS) is 15.1. The summed E-state index contributed by atoms with van der Waals surface area (Å²) >= 11 is 1.18. The fourth-order valence-electron chi connectivity index (χ4n) is 2.80. The first-order valence-electron chi connectivity index (χ1n) is 7.71. The fraction of sp³-hybridized carbons (Fsp3) is 0.250. The van der Waals surface area contributed by atoms with Gasteiger partial charge in [0.2, 0.25) is 0 Å². The molecule has 6 nitrogen and oxygen atoms in total. The second kappa shape index (κ2) is 6.03. The van der Waals surface area contributed by atoms with E-state index in [0.29, 0.717) is 17.2 Å². The van der Waals surface area contributed by atoms with E-state index in [9.17, 15) is 8.42 Å². The highest BCUT2D eigenvalue weighted by atomic mass is 32.2. The van der Waals surface area contributed by atoms with Crippen molar-refractivity contribution in [2.45, 2.75) is 17.1 Å². The minimum absolute atomic E-state index is 0.268. The molecule has 1 aliphatic heterocycles. The summed E-state index contributed by atoms with van der Waals surface area (Å²) in [7, 11) is -3.65. The molecule has 0 atom stereocenters. The van der Waals surface area contributed by atoms with E-state index in [1.54, 1.807) is 17.5 Å². The quantitative estimate of drug-likeness (QED) is 0.774. The molecule has 3 aromatic rings. The van der Waals surface area contributed by atoms with Crippen molar-refractivity contribution in [2.24, 2.45) is 0 Å². The van der Waals surface area contributed by atoms with Crippen molar-refractivity contribution < 1.29 is 8.42 Å². The molecule has 0 aliphatic carbocycles. The summed E-state index contributed by atoms with van der Waals surface area (Å²) in [5.41, 5.74) is 1.43. The summed E-state index contributed by atoms with van der Waals surface area (Å²) in [5, 5.41) is 1.74. The van der Waals surface area contributed by atoms with Gasteiger partial charge < -0.3 is 4.90 Å². The molecule has 0 radical (unpaired) electrons. The number of rotatable bonds is 4. The molecule has 8 heteroatoms. The molecule has 124 valence electrons. The first-order valence-corrected chi connectivity index (χ1v) is 10.1. The van der Waals surface area contributed by atoms with Crippen LogP contribution in [0.4, 0.5) is 11.6 Å². The molecule has 1 fully saturated rings. The third kappa shape index (κ3) is 2.83. The van der Waals surface area contributed by atoms with E-state index >= 15 is 0 Å². The second-order valence-corrected chi connectivity index (χ2v) is 8.47. The number of sulfonamides is 1. The van der Waals surface area contributed by atoms with E-state index in [1.807, 2.05) is 24.3 Å². The molecule has 0 unspecified atom stereocenters. The summed E-state index contributed by atoms with van der Waals surface area (Å²) in [6.07, 6.45) is 2.15. The lowest BCUT2D eigenvalue weighted by Crippen LogP contribution is -2.23. The molecule has 1 aliphatic rings. The second-order valence-electron chi connectivity index (χ2n) is 5.62. The predicted molar refractivity (Wildman–Crippen MR) is 96.1 cm³/mol. The monoisotopic (exact) mass is 360 g/mol. The molecule has 1 N–H and O–H groups in total. The van der Waals surface area contributed by atoms with Gasteiger partial charge in [-0.25, -0.2) is 18.4 Å². The number of nitrogens with zero attached hydrogens (tertiary/aromatic N) is 3. The molecule has 2 aromatic heterocycles. The Labute approximate surface area is 144 Å². The molecule has 0 amide bonds. The van der Waals surface area contributed by atoms with Crippen LogP contribution >= 0.6 is 11.3 Å². The van der Waals surface area contributed by atoms with E-state index in [-0.39, 0.29) is 4.21 Å². The Hall–Kier alpha value is -2.19. The van der Waals surface area contributed by atoms with E-state index in [4.69, 9.17) is 0 Å². The molecule has 0 spiro atoms. The van der Waals surface area contributed by atoms with Crippen LogP contribution in [0.25, 0.3) is 11.0 Å². The van der Waals surface area contributed by atoms with E-state index < -0.39 is 10.0 Å². The van der Waals surface area contributed by atoms with E-state index in [2.05, 4.69) is 19.6 Å². The van der Waals surface area contributed by atoms with Crippen LogP contribution in [-0.2, 0) is 10.0 Å². The molecular weight excluding hydrogens is 344 g/mol. The van der Waals surface area contributed by atoms with Gasteiger partial charge in [0, 0.05) is 13.1 Å². The van der Waals surface area contributed by atoms with Gasteiger partial charge in [0.1, 0.15) is 4.21 Å². The minimum atomic E-state index is -3.65. The minimum Gasteiger partial charge on any atom is -0.354 e. The Bertz CT molecular complexity index is 965. The Morgan fingerprint density at radius 3 is 2.38 bits per heavy atom. The zero-order valence-electron chi connectivity index (χ0n) is 12.8.